The topological polar surface area (TPSA) is 90.9 Å². The zero-order valence-corrected chi connectivity index (χ0v) is 16.9. The number of carbonyl (C=O) groups excluding carboxylic acids is 3. The summed E-state index contributed by atoms with van der Waals surface area (Å²) in [6, 6.07) is 6.62. The van der Waals surface area contributed by atoms with Crippen molar-refractivity contribution in [3.63, 3.8) is 0 Å². The molecule has 3 unspecified atom stereocenters. The van der Waals surface area contributed by atoms with Crippen LogP contribution in [0.3, 0.4) is 0 Å². The summed E-state index contributed by atoms with van der Waals surface area (Å²) in [6.45, 7) is 7.68. The summed E-state index contributed by atoms with van der Waals surface area (Å²) in [5.74, 6) is -1.37. The van der Waals surface area contributed by atoms with Crippen molar-refractivity contribution in [1.82, 2.24) is 0 Å². The molecule has 1 heterocycles. The third-order valence-corrected chi connectivity index (χ3v) is 4.53. The average Bonchev–Trinajstić information content (AvgIpc) is 3.17. The number of benzene rings is 1. The largest absolute Gasteiger partial charge is 0.450 e. The number of ketones is 1. The predicted molar refractivity (Wildman–Crippen MR) is 104 cm³/mol. The fourth-order valence-electron chi connectivity index (χ4n) is 2.84. The van der Waals surface area contributed by atoms with Crippen molar-refractivity contribution in [2.24, 2.45) is 5.92 Å². The highest BCUT2D eigenvalue weighted by Gasteiger charge is 2.29. The van der Waals surface area contributed by atoms with Crippen molar-refractivity contribution >= 4 is 23.3 Å². The van der Waals surface area contributed by atoms with E-state index in [0.29, 0.717) is 24.5 Å². The Labute approximate surface area is 165 Å². The molecule has 7 nitrogen and oxygen atoms in total. The normalized spacial score (nSPS) is 18.5. The van der Waals surface area contributed by atoms with E-state index in [1.807, 2.05) is 0 Å². The molecule has 1 N–H and O–H groups in total. The van der Waals surface area contributed by atoms with Gasteiger partial charge >= 0.3 is 5.97 Å². The Morgan fingerprint density at radius 1 is 1.25 bits per heavy atom. The minimum atomic E-state index is -0.970. The molecule has 0 saturated carbocycles. The monoisotopic (exact) mass is 391 g/mol. The number of carbonyl (C=O) groups is 3. The average molecular weight is 391 g/mol. The molecule has 1 aromatic carbocycles. The summed E-state index contributed by atoms with van der Waals surface area (Å²) in [5, 5.41) is 2.71. The number of amides is 1. The van der Waals surface area contributed by atoms with Crippen molar-refractivity contribution < 1.29 is 28.6 Å². The first-order chi connectivity index (χ1) is 13.3. The Hall–Kier alpha value is -2.25. The number of hydrogen-bond donors (Lipinski definition) is 1. The summed E-state index contributed by atoms with van der Waals surface area (Å²) < 4.78 is 16.4. The number of ether oxygens (including phenoxy) is 3. The lowest BCUT2D eigenvalue weighted by Gasteiger charge is -2.23. The summed E-state index contributed by atoms with van der Waals surface area (Å²) in [6.07, 6.45) is 0.153. The van der Waals surface area contributed by atoms with Crippen LogP contribution in [0.1, 0.15) is 50.9 Å². The van der Waals surface area contributed by atoms with Crippen molar-refractivity contribution in [2.75, 3.05) is 18.5 Å². The Morgan fingerprint density at radius 2 is 2.00 bits per heavy atom. The van der Waals surface area contributed by atoms with Gasteiger partial charge in [-0.05, 0) is 44.7 Å². The van der Waals surface area contributed by atoms with Gasteiger partial charge in [0.15, 0.2) is 18.0 Å². The molecular weight excluding hydrogens is 362 g/mol. The molecule has 0 spiro atoms. The van der Waals surface area contributed by atoms with Crippen LogP contribution in [-0.4, -0.2) is 49.2 Å². The summed E-state index contributed by atoms with van der Waals surface area (Å²) >= 11 is 0. The molecule has 1 aliphatic rings. The highest BCUT2D eigenvalue weighted by molar-refractivity contribution is 5.98. The molecule has 1 saturated heterocycles. The van der Waals surface area contributed by atoms with Crippen molar-refractivity contribution in [3.8, 4) is 0 Å². The van der Waals surface area contributed by atoms with Crippen LogP contribution >= 0.6 is 0 Å². The highest BCUT2D eigenvalue weighted by Crippen LogP contribution is 2.17. The lowest BCUT2D eigenvalue weighted by Crippen LogP contribution is -2.39. The van der Waals surface area contributed by atoms with Gasteiger partial charge in [0.1, 0.15) is 0 Å². The smallest absolute Gasteiger partial charge is 0.335 e. The van der Waals surface area contributed by atoms with E-state index < -0.39 is 24.1 Å². The molecule has 28 heavy (non-hydrogen) atoms. The van der Waals surface area contributed by atoms with Crippen LogP contribution < -0.4 is 5.32 Å². The van der Waals surface area contributed by atoms with Crippen LogP contribution in [0.25, 0.3) is 0 Å². The lowest BCUT2D eigenvalue weighted by atomic mass is 10.1. The van der Waals surface area contributed by atoms with E-state index in [1.54, 1.807) is 45.0 Å². The molecule has 154 valence electrons. The quantitative estimate of drug-likeness (QED) is 0.514. The first-order valence-corrected chi connectivity index (χ1v) is 9.63. The van der Waals surface area contributed by atoms with Gasteiger partial charge in [-0.2, -0.15) is 0 Å². The predicted octanol–water partition coefficient (Wildman–Crippen LogP) is 2.98. The van der Waals surface area contributed by atoms with Crippen LogP contribution in [0.5, 0.6) is 0 Å². The second-order valence-corrected chi connectivity index (χ2v) is 7.34. The SMILES string of the molecule is CC(=O)c1cccc(NC(=O)C(OC(=O)C(C)OCC2CCCO2)C(C)C)c1. The molecule has 0 aliphatic carbocycles. The van der Waals surface area contributed by atoms with Crippen molar-refractivity contribution in [1.29, 1.82) is 0 Å². The second-order valence-electron chi connectivity index (χ2n) is 7.34. The van der Waals surface area contributed by atoms with Crippen molar-refractivity contribution in [2.45, 2.75) is 58.8 Å². The zero-order chi connectivity index (χ0) is 20.7. The van der Waals surface area contributed by atoms with Gasteiger partial charge in [-0.25, -0.2) is 4.79 Å². The Balaban J connectivity index is 1.93. The van der Waals surface area contributed by atoms with Crippen LogP contribution in [0.15, 0.2) is 24.3 Å². The maximum atomic E-state index is 12.6. The van der Waals surface area contributed by atoms with E-state index in [9.17, 15) is 14.4 Å². The number of rotatable bonds is 9. The van der Waals surface area contributed by atoms with Crippen LogP contribution in [0, 0.1) is 5.92 Å². The molecule has 7 heteroatoms. The van der Waals surface area contributed by atoms with Gasteiger partial charge in [-0.3, -0.25) is 9.59 Å². The fraction of sp³-hybridized carbons (Fsp3) is 0.571. The zero-order valence-electron chi connectivity index (χ0n) is 16.9. The summed E-state index contributed by atoms with van der Waals surface area (Å²) in [5.41, 5.74) is 0.967. The molecule has 1 aliphatic heterocycles. The van der Waals surface area contributed by atoms with E-state index >= 15 is 0 Å². The molecule has 1 amide bonds. The maximum Gasteiger partial charge on any atom is 0.335 e. The second kappa shape index (κ2) is 10.3. The molecular formula is C21H29NO6. The molecule has 0 radical (unpaired) electrons. The summed E-state index contributed by atoms with van der Waals surface area (Å²) in [4.78, 5) is 36.5. The van der Waals surface area contributed by atoms with E-state index in [0.717, 1.165) is 12.8 Å². The van der Waals surface area contributed by atoms with Gasteiger partial charge in [0, 0.05) is 17.9 Å². The minimum Gasteiger partial charge on any atom is -0.450 e. The lowest BCUT2D eigenvalue weighted by molar-refractivity contribution is -0.168. The third kappa shape index (κ3) is 6.42. The van der Waals surface area contributed by atoms with E-state index in [2.05, 4.69) is 5.32 Å². The van der Waals surface area contributed by atoms with Crippen LogP contribution in [-0.2, 0) is 23.8 Å². The van der Waals surface area contributed by atoms with E-state index in [-0.39, 0.29) is 17.8 Å². The molecule has 0 bridgehead atoms. The number of anilines is 1. The first-order valence-electron chi connectivity index (χ1n) is 9.63. The van der Waals surface area contributed by atoms with Gasteiger partial charge in [0.2, 0.25) is 0 Å². The van der Waals surface area contributed by atoms with Crippen molar-refractivity contribution in [3.05, 3.63) is 29.8 Å². The van der Waals surface area contributed by atoms with Gasteiger partial charge in [-0.15, -0.1) is 0 Å². The van der Waals surface area contributed by atoms with Crippen LogP contribution in [0.2, 0.25) is 0 Å². The Bertz CT molecular complexity index is 696. The van der Waals surface area contributed by atoms with Gasteiger partial charge < -0.3 is 19.5 Å². The first kappa shape index (κ1) is 22.0. The fourth-order valence-corrected chi connectivity index (χ4v) is 2.84. The third-order valence-electron chi connectivity index (χ3n) is 4.53. The maximum absolute atomic E-state index is 12.6. The Morgan fingerprint density at radius 3 is 2.61 bits per heavy atom. The summed E-state index contributed by atoms with van der Waals surface area (Å²) in [7, 11) is 0. The number of nitrogens with one attached hydrogen (secondary N) is 1. The standard InChI is InChI=1S/C21H29NO6/c1-13(2)19(20(24)22-17-8-5-7-16(11-17)14(3)23)28-21(25)15(4)27-12-18-9-6-10-26-18/h5,7-8,11,13,15,18-19H,6,9-10,12H2,1-4H3,(H,22,24). The molecule has 3 atom stereocenters. The van der Waals surface area contributed by atoms with E-state index in [1.165, 1.54) is 6.92 Å². The molecule has 1 aromatic rings. The van der Waals surface area contributed by atoms with Gasteiger partial charge in [0.25, 0.3) is 5.91 Å². The van der Waals surface area contributed by atoms with E-state index in [4.69, 9.17) is 14.2 Å². The number of esters is 1. The molecule has 0 aromatic heterocycles. The van der Waals surface area contributed by atoms with Gasteiger partial charge in [-0.1, -0.05) is 26.0 Å². The van der Waals surface area contributed by atoms with Gasteiger partial charge in [0.05, 0.1) is 12.7 Å². The molecule has 1 fully saturated rings. The Kier molecular flexibility index (Phi) is 8.14. The molecule has 2 rings (SSSR count). The van der Waals surface area contributed by atoms with Crippen LogP contribution in [0.4, 0.5) is 5.69 Å². The number of hydrogen-bond acceptors (Lipinski definition) is 6. The number of Topliss-reactive ketones (excluding diaryl/α,β-unsaturated/α-hetero) is 1. The minimum absolute atomic E-state index is 0.00740. The highest BCUT2D eigenvalue weighted by atomic mass is 16.6.